The van der Waals surface area contributed by atoms with Gasteiger partial charge in [0.1, 0.15) is 0 Å². The quantitative estimate of drug-likeness (QED) is 0.574. The van der Waals surface area contributed by atoms with Gasteiger partial charge in [-0.2, -0.15) is 0 Å². The number of hydrogen-bond donors (Lipinski definition) is 0. The molecular formula is C27H34N2O6. The minimum atomic E-state index is 0.0825. The number of carbonyl (C=O) groups excluding carboxylic acids is 2. The van der Waals surface area contributed by atoms with Crippen molar-refractivity contribution in [2.24, 2.45) is 0 Å². The molecule has 188 valence electrons. The molecule has 0 N–H and O–H groups in total. The minimum absolute atomic E-state index is 0.0825. The van der Waals surface area contributed by atoms with Crippen molar-refractivity contribution in [2.75, 3.05) is 41.5 Å². The summed E-state index contributed by atoms with van der Waals surface area (Å²) in [6, 6.07) is 7.90. The first-order valence-electron chi connectivity index (χ1n) is 12.0. The lowest BCUT2D eigenvalue weighted by atomic mass is 9.98. The Labute approximate surface area is 206 Å². The van der Waals surface area contributed by atoms with E-state index in [2.05, 4.69) is 0 Å². The van der Waals surface area contributed by atoms with Gasteiger partial charge in [0.15, 0.2) is 23.0 Å². The average Bonchev–Trinajstić information content (AvgIpc) is 2.90. The van der Waals surface area contributed by atoms with E-state index in [1.807, 2.05) is 34.1 Å². The molecule has 2 aromatic rings. The van der Waals surface area contributed by atoms with Crippen molar-refractivity contribution < 1.29 is 28.5 Å². The Hall–Kier alpha value is -3.42. The van der Waals surface area contributed by atoms with Crippen LogP contribution in [0.1, 0.15) is 41.5 Å². The summed E-state index contributed by atoms with van der Waals surface area (Å²) >= 11 is 0. The first-order chi connectivity index (χ1) is 17.0. The van der Waals surface area contributed by atoms with Gasteiger partial charge in [-0.25, -0.2) is 0 Å². The molecule has 0 saturated heterocycles. The van der Waals surface area contributed by atoms with Crippen molar-refractivity contribution in [3.63, 3.8) is 0 Å². The van der Waals surface area contributed by atoms with Crippen LogP contribution in [0.3, 0.4) is 0 Å². The Balaban J connectivity index is 1.29. The van der Waals surface area contributed by atoms with Gasteiger partial charge in [-0.15, -0.1) is 0 Å². The van der Waals surface area contributed by atoms with E-state index in [4.69, 9.17) is 18.9 Å². The molecule has 0 radical (unpaired) electrons. The molecule has 0 aromatic heterocycles. The number of carbonyl (C=O) groups is 2. The zero-order valence-corrected chi connectivity index (χ0v) is 21.0. The maximum Gasteiger partial charge on any atom is 0.222 e. The number of fused-ring (bicyclic) bond motifs is 2. The van der Waals surface area contributed by atoms with E-state index in [1.165, 1.54) is 11.1 Å². The SMILES string of the molecule is COc1cc2c(cc1OC)CN(C(=O)CCCC(=O)N1CCc3cc(OC)c(OC)cc3C1)CC2. The van der Waals surface area contributed by atoms with Crippen molar-refractivity contribution in [3.8, 4) is 23.0 Å². The molecule has 2 heterocycles. The number of amides is 2. The van der Waals surface area contributed by atoms with Crippen molar-refractivity contribution >= 4 is 11.8 Å². The number of hydrogen-bond acceptors (Lipinski definition) is 6. The van der Waals surface area contributed by atoms with Gasteiger partial charge < -0.3 is 28.7 Å². The molecule has 2 amide bonds. The second kappa shape index (κ2) is 10.9. The van der Waals surface area contributed by atoms with Gasteiger partial charge in [-0.05, 0) is 65.8 Å². The van der Waals surface area contributed by atoms with Gasteiger partial charge in [-0.3, -0.25) is 9.59 Å². The molecule has 0 unspecified atom stereocenters. The van der Waals surface area contributed by atoms with Gasteiger partial charge >= 0.3 is 0 Å². The Morgan fingerprint density at radius 3 is 1.31 bits per heavy atom. The summed E-state index contributed by atoms with van der Waals surface area (Å²) in [5.74, 6) is 2.93. The lowest BCUT2D eigenvalue weighted by molar-refractivity contribution is -0.133. The third-order valence-electron chi connectivity index (χ3n) is 6.92. The predicted molar refractivity (Wildman–Crippen MR) is 131 cm³/mol. The highest BCUT2D eigenvalue weighted by atomic mass is 16.5. The summed E-state index contributed by atoms with van der Waals surface area (Å²) in [5.41, 5.74) is 4.53. The van der Waals surface area contributed by atoms with Gasteiger partial charge in [0.05, 0.1) is 28.4 Å². The molecule has 2 aromatic carbocycles. The fourth-order valence-electron chi connectivity index (χ4n) is 4.90. The topological polar surface area (TPSA) is 77.5 Å². The molecule has 4 rings (SSSR count). The van der Waals surface area contributed by atoms with Gasteiger partial charge in [0.2, 0.25) is 11.8 Å². The van der Waals surface area contributed by atoms with Crippen molar-refractivity contribution in [1.82, 2.24) is 9.80 Å². The van der Waals surface area contributed by atoms with Crippen LogP contribution in [-0.2, 0) is 35.5 Å². The highest BCUT2D eigenvalue weighted by Crippen LogP contribution is 2.34. The lowest BCUT2D eigenvalue weighted by Gasteiger charge is -2.30. The van der Waals surface area contributed by atoms with Crippen LogP contribution < -0.4 is 18.9 Å². The molecule has 0 saturated carbocycles. The summed E-state index contributed by atoms with van der Waals surface area (Å²) in [7, 11) is 6.48. The van der Waals surface area contributed by atoms with E-state index >= 15 is 0 Å². The van der Waals surface area contributed by atoms with E-state index in [0.717, 1.165) is 24.0 Å². The molecular weight excluding hydrogens is 448 g/mol. The standard InChI is InChI=1S/C27H34N2O6/c1-32-22-12-18-8-10-28(16-20(18)14-24(22)34-3)26(30)6-5-7-27(31)29-11-9-19-13-23(33-2)25(35-4)15-21(19)17-29/h12-15H,5-11,16-17H2,1-4H3. The highest BCUT2D eigenvalue weighted by Gasteiger charge is 2.25. The van der Waals surface area contributed by atoms with Crippen LogP contribution in [0.15, 0.2) is 24.3 Å². The molecule has 0 bridgehead atoms. The maximum atomic E-state index is 12.9. The van der Waals surface area contributed by atoms with E-state index in [0.29, 0.717) is 68.4 Å². The molecule has 2 aliphatic rings. The minimum Gasteiger partial charge on any atom is -0.493 e. The fourth-order valence-corrected chi connectivity index (χ4v) is 4.90. The van der Waals surface area contributed by atoms with Crippen LogP contribution in [0.25, 0.3) is 0 Å². The number of benzene rings is 2. The lowest BCUT2D eigenvalue weighted by Crippen LogP contribution is -2.37. The zero-order chi connectivity index (χ0) is 24.9. The van der Waals surface area contributed by atoms with Crippen molar-refractivity contribution in [3.05, 3.63) is 46.5 Å². The van der Waals surface area contributed by atoms with Gasteiger partial charge in [-0.1, -0.05) is 0 Å². The third-order valence-corrected chi connectivity index (χ3v) is 6.92. The molecule has 8 nitrogen and oxygen atoms in total. The van der Waals surface area contributed by atoms with Crippen molar-refractivity contribution in [2.45, 2.75) is 45.2 Å². The normalized spacial score (nSPS) is 14.6. The Morgan fingerprint density at radius 2 is 0.971 bits per heavy atom. The van der Waals surface area contributed by atoms with Crippen LogP contribution in [0.5, 0.6) is 23.0 Å². The molecule has 2 aliphatic heterocycles. The summed E-state index contributed by atoms with van der Waals surface area (Å²) < 4.78 is 21.6. The molecule has 0 atom stereocenters. The summed E-state index contributed by atoms with van der Waals surface area (Å²) in [6.07, 6.45) is 2.83. The van der Waals surface area contributed by atoms with Crippen LogP contribution >= 0.6 is 0 Å². The monoisotopic (exact) mass is 482 g/mol. The smallest absolute Gasteiger partial charge is 0.222 e. The second-order valence-electron chi connectivity index (χ2n) is 8.94. The first-order valence-corrected chi connectivity index (χ1v) is 12.0. The first kappa shape index (κ1) is 24.7. The van der Waals surface area contributed by atoms with E-state index in [9.17, 15) is 9.59 Å². The number of methoxy groups -OCH3 is 4. The van der Waals surface area contributed by atoms with Gasteiger partial charge in [0.25, 0.3) is 0 Å². The largest absolute Gasteiger partial charge is 0.493 e. The summed E-state index contributed by atoms with van der Waals surface area (Å²) in [5, 5.41) is 0. The molecule has 8 heteroatoms. The van der Waals surface area contributed by atoms with Crippen LogP contribution in [0, 0.1) is 0 Å². The third kappa shape index (κ3) is 5.31. The zero-order valence-electron chi connectivity index (χ0n) is 21.0. The van der Waals surface area contributed by atoms with E-state index in [1.54, 1.807) is 28.4 Å². The van der Waals surface area contributed by atoms with Crippen LogP contribution in [0.2, 0.25) is 0 Å². The molecule has 0 fully saturated rings. The Bertz CT molecular complexity index is 1010. The average molecular weight is 483 g/mol. The molecule has 0 aliphatic carbocycles. The molecule has 35 heavy (non-hydrogen) atoms. The van der Waals surface area contributed by atoms with Crippen molar-refractivity contribution in [1.29, 1.82) is 0 Å². The Morgan fingerprint density at radius 1 is 0.629 bits per heavy atom. The Kier molecular flexibility index (Phi) is 7.68. The fraction of sp³-hybridized carbons (Fsp3) is 0.481. The van der Waals surface area contributed by atoms with Crippen LogP contribution in [0.4, 0.5) is 0 Å². The summed E-state index contributed by atoms with van der Waals surface area (Å²) in [4.78, 5) is 29.5. The number of ether oxygens (including phenoxy) is 4. The molecule has 0 spiro atoms. The highest BCUT2D eigenvalue weighted by molar-refractivity contribution is 5.79. The van der Waals surface area contributed by atoms with Gasteiger partial charge in [0, 0.05) is 39.0 Å². The maximum absolute atomic E-state index is 12.9. The van der Waals surface area contributed by atoms with Crippen LogP contribution in [-0.4, -0.2) is 63.1 Å². The van der Waals surface area contributed by atoms with E-state index in [-0.39, 0.29) is 11.8 Å². The summed E-state index contributed by atoms with van der Waals surface area (Å²) in [6.45, 7) is 2.44. The van der Waals surface area contributed by atoms with E-state index < -0.39 is 0 Å². The second-order valence-corrected chi connectivity index (χ2v) is 8.94. The number of nitrogens with zero attached hydrogens (tertiary/aromatic N) is 2. The number of rotatable bonds is 8. The predicted octanol–water partition coefficient (Wildman–Crippen LogP) is 3.36.